The second kappa shape index (κ2) is 7.64. The summed E-state index contributed by atoms with van der Waals surface area (Å²) < 4.78 is 5.52. The molecule has 0 bridgehead atoms. The Kier molecular flexibility index (Phi) is 6.15. The maximum Gasteiger partial charge on any atom is 0.0468 e. The van der Waals surface area contributed by atoms with Gasteiger partial charge in [-0.25, -0.2) is 0 Å². The van der Waals surface area contributed by atoms with Crippen LogP contribution in [0.5, 0.6) is 0 Å². The van der Waals surface area contributed by atoms with Gasteiger partial charge in [0, 0.05) is 19.3 Å². The lowest BCUT2D eigenvalue weighted by Crippen LogP contribution is -2.45. The Morgan fingerprint density at radius 2 is 1.84 bits per heavy atom. The van der Waals surface area contributed by atoms with E-state index in [0.29, 0.717) is 5.41 Å². The molecule has 112 valence electrons. The van der Waals surface area contributed by atoms with Crippen molar-refractivity contribution in [3.05, 3.63) is 0 Å². The van der Waals surface area contributed by atoms with E-state index in [2.05, 4.69) is 19.2 Å². The average molecular weight is 267 g/mol. The van der Waals surface area contributed by atoms with Crippen LogP contribution in [0.2, 0.25) is 0 Å². The van der Waals surface area contributed by atoms with Crippen molar-refractivity contribution in [1.82, 2.24) is 5.32 Å². The first-order valence-electron chi connectivity index (χ1n) is 8.62. The van der Waals surface area contributed by atoms with Gasteiger partial charge in [-0.2, -0.15) is 0 Å². The van der Waals surface area contributed by atoms with Crippen LogP contribution in [-0.2, 0) is 4.74 Å². The Labute approximate surface area is 119 Å². The summed E-state index contributed by atoms with van der Waals surface area (Å²) >= 11 is 0. The summed E-state index contributed by atoms with van der Waals surface area (Å²) in [5.74, 6) is 0.895. The average Bonchev–Trinajstić information content (AvgIpc) is 2.94. The van der Waals surface area contributed by atoms with E-state index >= 15 is 0 Å². The van der Waals surface area contributed by atoms with E-state index in [1.54, 1.807) is 0 Å². The summed E-state index contributed by atoms with van der Waals surface area (Å²) in [4.78, 5) is 0. The molecule has 0 aromatic rings. The SMILES string of the molecule is CCCNC(CC1CCOCC1)C1(CC)CCCC1. The molecule has 2 aliphatic rings. The van der Waals surface area contributed by atoms with Crippen LogP contribution in [0.3, 0.4) is 0 Å². The minimum Gasteiger partial charge on any atom is -0.381 e. The molecule has 19 heavy (non-hydrogen) atoms. The number of nitrogens with one attached hydrogen (secondary N) is 1. The number of hydrogen-bond acceptors (Lipinski definition) is 2. The zero-order chi connectivity index (χ0) is 13.6. The zero-order valence-electron chi connectivity index (χ0n) is 13.0. The quantitative estimate of drug-likeness (QED) is 0.748. The third kappa shape index (κ3) is 3.95. The van der Waals surface area contributed by atoms with Crippen LogP contribution in [0.15, 0.2) is 0 Å². The van der Waals surface area contributed by atoms with Crippen LogP contribution in [0.1, 0.15) is 71.6 Å². The van der Waals surface area contributed by atoms with E-state index in [9.17, 15) is 0 Å². The normalized spacial score (nSPS) is 25.6. The van der Waals surface area contributed by atoms with Gasteiger partial charge < -0.3 is 10.1 Å². The van der Waals surface area contributed by atoms with Gasteiger partial charge in [-0.3, -0.25) is 0 Å². The maximum atomic E-state index is 5.52. The fourth-order valence-corrected chi connectivity index (χ4v) is 4.21. The van der Waals surface area contributed by atoms with Gasteiger partial charge in [-0.05, 0) is 62.8 Å². The lowest BCUT2D eigenvalue weighted by molar-refractivity contribution is 0.0498. The predicted molar refractivity (Wildman–Crippen MR) is 81.4 cm³/mol. The highest BCUT2D eigenvalue weighted by atomic mass is 16.5. The van der Waals surface area contributed by atoms with Gasteiger partial charge in [0.1, 0.15) is 0 Å². The van der Waals surface area contributed by atoms with E-state index in [4.69, 9.17) is 4.74 Å². The van der Waals surface area contributed by atoms with E-state index < -0.39 is 0 Å². The Morgan fingerprint density at radius 1 is 1.16 bits per heavy atom. The molecule has 0 amide bonds. The van der Waals surface area contributed by atoms with Crippen LogP contribution in [-0.4, -0.2) is 25.8 Å². The van der Waals surface area contributed by atoms with E-state index in [-0.39, 0.29) is 0 Å². The van der Waals surface area contributed by atoms with Gasteiger partial charge in [0.15, 0.2) is 0 Å². The molecule has 2 heteroatoms. The molecular formula is C17H33NO. The Balaban J connectivity index is 1.96. The molecule has 1 aliphatic carbocycles. The molecule has 2 fully saturated rings. The molecule has 1 heterocycles. The summed E-state index contributed by atoms with van der Waals surface area (Å²) in [5.41, 5.74) is 0.605. The Bertz CT molecular complexity index is 242. The van der Waals surface area contributed by atoms with Gasteiger partial charge in [0.2, 0.25) is 0 Å². The fourth-order valence-electron chi connectivity index (χ4n) is 4.21. The molecule has 2 rings (SSSR count). The number of ether oxygens (including phenoxy) is 1. The summed E-state index contributed by atoms with van der Waals surface area (Å²) in [6.07, 6.45) is 12.4. The van der Waals surface area contributed by atoms with Crippen LogP contribution in [0.25, 0.3) is 0 Å². The van der Waals surface area contributed by atoms with Gasteiger partial charge in [0.25, 0.3) is 0 Å². The predicted octanol–water partition coefficient (Wildman–Crippen LogP) is 4.14. The molecule has 2 nitrogen and oxygen atoms in total. The van der Waals surface area contributed by atoms with Crippen LogP contribution >= 0.6 is 0 Å². The van der Waals surface area contributed by atoms with Gasteiger partial charge in [-0.1, -0.05) is 26.7 Å². The molecule has 1 N–H and O–H groups in total. The summed E-state index contributed by atoms with van der Waals surface area (Å²) in [5, 5.41) is 3.91. The number of rotatable bonds is 7. The summed E-state index contributed by atoms with van der Waals surface area (Å²) in [7, 11) is 0. The third-order valence-corrected chi connectivity index (χ3v) is 5.59. The van der Waals surface area contributed by atoms with Crippen molar-refractivity contribution >= 4 is 0 Å². The van der Waals surface area contributed by atoms with Crippen molar-refractivity contribution in [3.63, 3.8) is 0 Å². The van der Waals surface area contributed by atoms with Crippen molar-refractivity contribution in [2.45, 2.75) is 77.7 Å². The molecule has 1 unspecified atom stereocenters. The highest BCUT2D eigenvalue weighted by molar-refractivity contribution is 4.95. The minimum atomic E-state index is 0.605. The van der Waals surface area contributed by atoms with E-state index in [0.717, 1.165) is 25.2 Å². The largest absolute Gasteiger partial charge is 0.381 e. The van der Waals surface area contributed by atoms with Gasteiger partial charge in [-0.15, -0.1) is 0 Å². The van der Waals surface area contributed by atoms with Crippen molar-refractivity contribution in [2.24, 2.45) is 11.3 Å². The lowest BCUT2D eigenvalue weighted by atomic mass is 9.72. The molecule has 1 aliphatic heterocycles. The fraction of sp³-hybridized carbons (Fsp3) is 1.00. The summed E-state index contributed by atoms with van der Waals surface area (Å²) in [6.45, 7) is 7.87. The third-order valence-electron chi connectivity index (χ3n) is 5.59. The molecule has 0 spiro atoms. The monoisotopic (exact) mass is 267 g/mol. The smallest absolute Gasteiger partial charge is 0.0468 e. The van der Waals surface area contributed by atoms with Crippen molar-refractivity contribution < 1.29 is 4.74 Å². The zero-order valence-corrected chi connectivity index (χ0v) is 13.0. The Morgan fingerprint density at radius 3 is 2.42 bits per heavy atom. The molecule has 1 saturated carbocycles. The molecular weight excluding hydrogens is 234 g/mol. The molecule has 0 aromatic carbocycles. The number of hydrogen-bond donors (Lipinski definition) is 1. The first-order valence-corrected chi connectivity index (χ1v) is 8.62. The Hall–Kier alpha value is -0.0800. The molecule has 0 radical (unpaired) electrons. The van der Waals surface area contributed by atoms with E-state index in [1.165, 1.54) is 64.3 Å². The van der Waals surface area contributed by atoms with Crippen LogP contribution < -0.4 is 5.32 Å². The standard InChI is InChI=1S/C17H33NO/c1-3-11-18-16(14-15-7-12-19-13-8-15)17(4-2)9-5-6-10-17/h15-16,18H,3-14H2,1-2H3. The highest BCUT2D eigenvalue weighted by Gasteiger charge is 2.40. The first kappa shape index (κ1) is 15.3. The molecule has 1 atom stereocenters. The first-order chi connectivity index (χ1) is 9.30. The summed E-state index contributed by atoms with van der Waals surface area (Å²) in [6, 6.07) is 0.753. The van der Waals surface area contributed by atoms with Crippen molar-refractivity contribution in [3.8, 4) is 0 Å². The van der Waals surface area contributed by atoms with E-state index in [1.807, 2.05) is 0 Å². The lowest BCUT2D eigenvalue weighted by Gasteiger charge is -2.40. The van der Waals surface area contributed by atoms with Gasteiger partial charge >= 0.3 is 0 Å². The molecule has 1 saturated heterocycles. The minimum absolute atomic E-state index is 0.605. The topological polar surface area (TPSA) is 21.3 Å². The van der Waals surface area contributed by atoms with Crippen LogP contribution in [0.4, 0.5) is 0 Å². The van der Waals surface area contributed by atoms with Gasteiger partial charge in [0.05, 0.1) is 0 Å². The van der Waals surface area contributed by atoms with Crippen molar-refractivity contribution in [1.29, 1.82) is 0 Å². The highest BCUT2D eigenvalue weighted by Crippen LogP contribution is 2.46. The van der Waals surface area contributed by atoms with Crippen molar-refractivity contribution in [2.75, 3.05) is 19.8 Å². The van der Waals surface area contributed by atoms with Crippen LogP contribution in [0, 0.1) is 11.3 Å². The molecule has 0 aromatic heterocycles. The maximum absolute atomic E-state index is 5.52. The second-order valence-corrected chi connectivity index (χ2v) is 6.72. The second-order valence-electron chi connectivity index (χ2n) is 6.72.